The van der Waals surface area contributed by atoms with Gasteiger partial charge in [0.05, 0.1) is 17.5 Å². The Morgan fingerprint density at radius 1 is 1.42 bits per heavy atom. The Morgan fingerprint density at radius 3 is 2.84 bits per heavy atom. The van der Waals surface area contributed by atoms with E-state index in [9.17, 15) is 9.90 Å². The number of nitrogens with one attached hydrogen (secondary N) is 1. The van der Waals surface area contributed by atoms with Gasteiger partial charge in [-0.25, -0.2) is 4.79 Å². The minimum Gasteiger partial charge on any atom is -0.391 e. The number of aliphatic hydroxyl groups excluding tert-OH is 1. The Morgan fingerprint density at radius 2 is 2.16 bits per heavy atom. The Bertz CT molecular complexity index is 448. The second-order valence-corrected chi connectivity index (χ2v) is 5.08. The van der Waals surface area contributed by atoms with Crippen molar-refractivity contribution in [3.05, 3.63) is 24.3 Å². The lowest BCUT2D eigenvalue weighted by Gasteiger charge is -2.30. The minimum atomic E-state index is -0.399. The molecule has 0 unspecified atom stereocenters. The molecule has 0 aromatic heterocycles. The predicted molar refractivity (Wildman–Crippen MR) is 76.6 cm³/mol. The number of rotatable bonds is 2. The third kappa shape index (κ3) is 3.38. The summed E-state index contributed by atoms with van der Waals surface area (Å²) >= 11 is 0. The topological polar surface area (TPSA) is 55.8 Å². The molecule has 1 fully saturated rings. The first-order valence-corrected chi connectivity index (χ1v) is 6.58. The van der Waals surface area contributed by atoms with E-state index in [4.69, 9.17) is 0 Å². The van der Waals surface area contributed by atoms with Crippen molar-refractivity contribution < 1.29 is 9.90 Å². The summed E-state index contributed by atoms with van der Waals surface area (Å²) in [6.45, 7) is 1.11. The molecule has 5 heteroatoms. The number of anilines is 2. The number of para-hydroxylation sites is 2. The van der Waals surface area contributed by atoms with Crippen molar-refractivity contribution in [1.29, 1.82) is 0 Å². The molecule has 0 aliphatic carbocycles. The van der Waals surface area contributed by atoms with Gasteiger partial charge in [-0.2, -0.15) is 0 Å². The smallest absolute Gasteiger partial charge is 0.321 e. The van der Waals surface area contributed by atoms with E-state index >= 15 is 0 Å². The molecule has 0 radical (unpaired) electrons. The summed E-state index contributed by atoms with van der Waals surface area (Å²) in [5, 5.41) is 12.5. The van der Waals surface area contributed by atoms with E-state index in [0.717, 1.165) is 24.2 Å². The van der Waals surface area contributed by atoms with Crippen molar-refractivity contribution in [3.63, 3.8) is 0 Å². The first kappa shape index (κ1) is 13.7. The summed E-state index contributed by atoms with van der Waals surface area (Å²) in [7, 11) is 3.88. The summed E-state index contributed by atoms with van der Waals surface area (Å²) in [5.41, 5.74) is 1.76. The van der Waals surface area contributed by atoms with E-state index in [1.54, 1.807) is 4.90 Å². The van der Waals surface area contributed by atoms with Crippen LogP contribution in [0.2, 0.25) is 0 Å². The number of hydrogen-bond acceptors (Lipinski definition) is 3. The van der Waals surface area contributed by atoms with Crippen LogP contribution in [-0.2, 0) is 0 Å². The van der Waals surface area contributed by atoms with Crippen molar-refractivity contribution in [2.45, 2.75) is 18.9 Å². The molecule has 5 nitrogen and oxygen atoms in total. The van der Waals surface area contributed by atoms with Gasteiger partial charge in [-0.15, -0.1) is 0 Å². The van der Waals surface area contributed by atoms with E-state index in [1.165, 1.54) is 0 Å². The molecule has 104 valence electrons. The lowest BCUT2D eigenvalue weighted by molar-refractivity contribution is 0.0883. The molecule has 2 rings (SSSR count). The van der Waals surface area contributed by atoms with Gasteiger partial charge in [-0.1, -0.05) is 12.1 Å². The number of carbonyl (C=O) groups excluding carboxylic acids is 1. The summed E-state index contributed by atoms with van der Waals surface area (Å²) < 4.78 is 0. The standard InChI is InChI=1S/C14H21N3O2/c1-16(2)13-8-4-3-7-12(13)15-14(19)17-9-5-6-11(18)10-17/h3-4,7-8,11,18H,5-6,9-10H2,1-2H3,(H,15,19)/t11-/m1/s1. The number of likely N-dealkylation sites (tertiary alicyclic amines) is 1. The molecule has 1 saturated heterocycles. The van der Waals surface area contributed by atoms with Crippen LogP contribution >= 0.6 is 0 Å². The van der Waals surface area contributed by atoms with E-state index in [0.29, 0.717) is 13.1 Å². The van der Waals surface area contributed by atoms with Gasteiger partial charge < -0.3 is 20.2 Å². The molecule has 0 saturated carbocycles. The van der Waals surface area contributed by atoms with Crippen molar-refractivity contribution >= 4 is 17.4 Å². The van der Waals surface area contributed by atoms with Crippen LogP contribution in [0.5, 0.6) is 0 Å². The number of urea groups is 1. The maximum Gasteiger partial charge on any atom is 0.321 e. The minimum absolute atomic E-state index is 0.145. The molecule has 1 aliphatic rings. The lowest BCUT2D eigenvalue weighted by Crippen LogP contribution is -2.44. The monoisotopic (exact) mass is 263 g/mol. The number of hydrogen-bond donors (Lipinski definition) is 2. The Labute approximate surface area is 113 Å². The van der Waals surface area contributed by atoms with Crippen molar-refractivity contribution in [1.82, 2.24) is 4.90 Å². The normalized spacial score (nSPS) is 19.1. The molecule has 1 aromatic rings. The van der Waals surface area contributed by atoms with Gasteiger partial charge in [0, 0.05) is 27.2 Å². The zero-order chi connectivity index (χ0) is 13.8. The third-order valence-electron chi connectivity index (χ3n) is 3.31. The SMILES string of the molecule is CN(C)c1ccccc1NC(=O)N1CCC[C@@H](O)C1. The number of carbonyl (C=O) groups is 1. The third-order valence-corrected chi connectivity index (χ3v) is 3.31. The number of aliphatic hydroxyl groups is 1. The van der Waals surface area contributed by atoms with Crippen LogP contribution in [0.15, 0.2) is 24.3 Å². The molecule has 2 amide bonds. The molecule has 0 spiro atoms. The maximum absolute atomic E-state index is 12.2. The summed E-state index contributed by atoms with van der Waals surface area (Å²) in [6.07, 6.45) is 1.23. The second-order valence-electron chi connectivity index (χ2n) is 5.08. The van der Waals surface area contributed by atoms with Gasteiger partial charge in [0.25, 0.3) is 0 Å². The Kier molecular flexibility index (Phi) is 4.27. The zero-order valence-corrected chi connectivity index (χ0v) is 11.5. The number of piperidine rings is 1. The average molecular weight is 263 g/mol. The molecular weight excluding hydrogens is 242 g/mol. The number of nitrogens with zero attached hydrogens (tertiary/aromatic N) is 2. The largest absolute Gasteiger partial charge is 0.391 e. The van der Waals surface area contributed by atoms with Crippen molar-refractivity contribution in [2.24, 2.45) is 0 Å². The first-order chi connectivity index (χ1) is 9.08. The Balaban J connectivity index is 2.06. The van der Waals surface area contributed by atoms with Gasteiger partial charge >= 0.3 is 6.03 Å². The highest BCUT2D eigenvalue weighted by molar-refractivity contribution is 5.93. The van der Waals surface area contributed by atoms with Gasteiger partial charge in [0.2, 0.25) is 0 Å². The van der Waals surface area contributed by atoms with Crippen LogP contribution < -0.4 is 10.2 Å². The molecule has 2 N–H and O–H groups in total. The predicted octanol–water partition coefficient (Wildman–Crippen LogP) is 1.74. The summed E-state index contributed by atoms with van der Waals surface area (Å²) in [5.74, 6) is 0. The summed E-state index contributed by atoms with van der Waals surface area (Å²) in [4.78, 5) is 15.8. The van der Waals surface area contributed by atoms with Gasteiger partial charge in [-0.05, 0) is 25.0 Å². The van der Waals surface area contributed by atoms with Crippen molar-refractivity contribution in [2.75, 3.05) is 37.4 Å². The van der Waals surface area contributed by atoms with Crippen LogP contribution in [0.3, 0.4) is 0 Å². The van der Waals surface area contributed by atoms with E-state index in [2.05, 4.69) is 5.32 Å². The van der Waals surface area contributed by atoms with Crippen LogP contribution in [0.25, 0.3) is 0 Å². The summed E-state index contributed by atoms with van der Waals surface area (Å²) in [6, 6.07) is 7.53. The zero-order valence-electron chi connectivity index (χ0n) is 11.5. The van der Waals surface area contributed by atoms with Crippen LogP contribution in [0.1, 0.15) is 12.8 Å². The van der Waals surface area contributed by atoms with Crippen LogP contribution in [-0.4, -0.2) is 49.3 Å². The van der Waals surface area contributed by atoms with Gasteiger partial charge in [-0.3, -0.25) is 0 Å². The van der Waals surface area contributed by atoms with Gasteiger partial charge in [0.1, 0.15) is 0 Å². The van der Waals surface area contributed by atoms with E-state index in [1.807, 2.05) is 43.3 Å². The van der Waals surface area contributed by atoms with Gasteiger partial charge in [0.15, 0.2) is 0 Å². The second kappa shape index (κ2) is 5.93. The van der Waals surface area contributed by atoms with Crippen molar-refractivity contribution in [3.8, 4) is 0 Å². The molecule has 1 aromatic carbocycles. The van der Waals surface area contributed by atoms with E-state index in [-0.39, 0.29) is 6.03 Å². The molecule has 1 atom stereocenters. The molecule has 0 bridgehead atoms. The number of amides is 2. The highest BCUT2D eigenvalue weighted by Crippen LogP contribution is 2.24. The van der Waals surface area contributed by atoms with Crippen LogP contribution in [0.4, 0.5) is 16.2 Å². The molecule has 1 aliphatic heterocycles. The molecular formula is C14H21N3O2. The lowest BCUT2D eigenvalue weighted by atomic mass is 10.1. The fraction of sp³-hybridized carbons (Fsp3) is 0.500. The van der Waals surface area contributed by atoms with E-state index < -0.39 is 6.10 Å². The average Bonchev–Trinajstić information content (AvgIpc) is 2.39. The Hall–Kier alpha value is -1.75. The maximum atomic E-state index is 12.2. The fourth-order valence-electron chi connectivity index (χ4n) is 2.30. The van der Waals surface area contributed by atoms with Crippen LogP contribution in [0, 0.1) is 0 Å². The highest BCUT2D eigenvalue weighted by atomic mass is 16.3. The fourth-order valence-corrected chi connectivity index (χ4v) is 2.30. The molecule has 19 heavy (non-hydrogen) atoms. The highest BCUT2D eigenvalue weighted by Gasteiger charge is 2.22. The quantitative estimate of drug-likeness (QED) is 0.854. The number of β-amino-alcohol motifs (C(OH)–C–C–N with tert-alkyl or cyclic N) is 1. The first-order valence-electron chi connectivity index (χ1n) is 6.58. The number of benzene rings is 1. The molecule has 1 heterocycles.